The molecule has 2 N–H and O–H groups in total. The number of benzene rings is 2. The van der Waals surface area contributed by atoms with Crippen molar-refractivity contribution in [2.75, 3.05) is 23.3 Å². The third-order valence-corrected chi connectivity index (χ3v) is 5.64. The van der Waals surface area contributed by atoms with E-state index in [-0.39, 0.29) is 16.8 Å². The number of rotatable bonds is 7. The van der Waals surface area contributed by atoms with Gasteiger partial charge in [0.25, 0.3) is 5.91 Å². The minimum Gasteiger partial charge on any atom is -0.371 e. The predicted octanol–water partition coefficient (Wildman–Crippen LogP) is 5.38. The second-order valence-electron chi connectivity index (χ2n) is 8.01. The Morgan fingerprint density at radius 1 is 1.07 bits per heavy atom. The van der Waals surface area contributed by atoms with Gasteiger partial charge in [0.15, 0.2) is 0 Å². The van der Waals surface area contributed by atoms with E-state index >= 15 is 0 Å². The molecule has 1 unspecified atom stereocenters. The zero-order chi connectivity index (χ0) is 21.7. The first-order valence-electron chi connectivity index (χ1n) is 10.3. The van der Waals surface area contributed by atoms with Crippen molar-refractivity contribution < 1.29 is 9.59 Å². The summed E-state index contributed by atoms with van der Waals surface area (Å²) in [7, 11) is 0. The molecule has 0 spiro atoms. The van der Waals surface area contributed by atoms with Crippen LogP contribution in [0.3, 0.4) is 0 Å². The van der Waals surface area contributed by atoms with Gasteiger partial charge in [0.1, 0.15) is 6.04 Å². The van der Waals surface area contributed by atoms with Gasteiger partial charge in [-0.25, -0.2) is 0 Å². The number of halogens is 2. The van der Waals surface area contributed by atoms with E-state index < -0.39 is 11.9 Å². The second-order valence-corrected chi connectivity index (χ2v) is 8.86. The van der Waals surface area contributed by atoms with Gasteiger partial charge in [-0.15, -0.1) is 0 Å². The van der Waals surface area contributed by atoms with E-state index in [1.807, 2.05) is 32.0 Å². The molecule has 0 aliphatic carbocycles. The van der Waals surface area contributed by atoms with Crippen molar-refractivity contribution in [1.82, 2.24) is 5.32 Å². The number of carbonyl (C=O) groups excluding carboxylic acids is 2. The minimum atomic E-state index is -0.681. The number of nitrogens with zero attached hydrogens (tertiary/aromatic N) is 1. The SMILES string of the molecule is CC(C)CC(NC(=O)c1ccc(Cl)cc1Cl)C(=O)Nc1cccc(N2CCCC2)c1. The average molecular weight is 448 g/mol. The zero-order valence-corrected chi connectivity index (χ0v) is 18.8. The molecule has 1 saturated heterocycles. The average Bonchev–Trinajstić information content (AvgIpc) is 3.22. The minimum absolute atomic E-state index is 0.220. The summed E-state index contributed by atoms with van der Waals surface area (Å²) in [6.07, 6.45) is 2.88. The standard InChI is InChI=1S/C23H27Cl2N3O2/c1-15(2)12-21(27-22(29)19-9-8-16(24)13-20(19)25)23(30)26-17-6-5-7-18(14-17)28-10-3-4-11-28/h5-9,13-15,21H,3-4,10-12H2,1-2H3,(H,26,30)(H,27,29). The molecule has 7 heteroatoms. The molecule has 5 nitrogen and oxygen atoms in total. The van der Waals surface area contributed by atoms with E-state index in [9.17, 15) is 9.59 Å². The summed E-state index contributed by atoms with van der Waals surface area (Å²) in [5.41, 5.74) is 2.11. The lowest BCUT2D eigenvalue weighted by Crippen LogP contribution is -2.44. The first kappa shape index (κ1) is 22.4. The van der Waals surface area contributed by atoms with Gasteiger partial charge >= 0.3 is 0 Å². The van der Waals surface area contributed by atoms with Crippen molar-refractivity contribution in [3.63, 3.8) is 0 Å². The highest BCUT2D eigenvalue weighted by molar-refractivity contribution is 6.36. The summed E-state index contributed by atoms with van der Waals surface area (Å²) in [6.45, 7) is 6.09. The van der Waals surface area contributed by atoms with Crippen LogP contribution in [-0.4, -0.2) is 30.9 Å². The van der Waals surface area contributed by atoms with E-state index in [4.69, 9.17) is 23.2 Å². The van der Waals surface area contributed by atoms with Crippen LogP contribution in [0.5, 0.6) is 0 Å². The number of amides is 2. The number of hydrogen-bond donors (Lipinski definition) is 2. The van der Waals surface area contributed by atoms with Gasteiger partial charge in [-0.2, -0.15) is 0 Å². The third kappa shape index (κ3) is 5.89. The van der Waals surface area contributed by atoms with E-state index in [0.717, 1.165) is 24.5 Å². The van der Waals surface area contributed by atoms with Gasteiger partial charge in [-0.1, -0.05) is 43.1 Å². The quantitative estimate of drug-likeness (QED) is 0.598. The largest absolute Gasteiger partial charge is 0.371 e. The van der Waals surface area contributed by atoms with Crippen LogP contribution in [0, 0.1) is 5.92 Å². The Morgan fingerprint density at radius 3 is 2.47 bits per heavy atom. The Labute approximate surface area is 187 Å². The summed E-state index contributed by atoms with van der Waals surface area (Å²) >= 11 is 12.1. The fraction of sp³-hybridized carbons (Fsp3) is 0.391. The first-order valence-corrected chi connectivity index (χ1v) is 11.0. The summed E-state index contributed by atoms with van der Waals surface area (Å²) in [5, 5.41) is 6.48. The highest BCUT2D eigenvalue weighted by Gasteiger charge is 2.24. The molecule has 2 amide bonds. The molecule has 1 aliphatic heterocycles. The normalized spacial score (nSPS) is 14.6. The molecule has 2 aromatic carbocycles. The highest BCUT2D eigenvalue weighted by atomic mass is 35.5. The van der Waals surface area contributed by atoms with Gasteiger partial charge in [-0.3, -0.25) is 9.59 Å². The highest BCUT2D eigenvalue weighted by Crippen LogP contribution is 2.24. The van der Waals surface area contributed by atoms with Gasteiger partial charge < -0.3 is 15.5 Å². The Balaban J connectivity index is 1.72. The van der Waals surface area contributed by atoms with Gasteiger partial charge in [0, 0.05) is 29.5 Å². The Kier molecular flexibility index (Phi) is 7.62. The number of hydrogen-bond acceptors (Lipinski definition) is 3. The molecule has 0 aromatic heterocycles. The molecule has 0 bridgehead atoms. The fourth-order valence-electron chi connectivity index (χ4n) is 3.60. The van der Waals surface area contributed by atoms with Crippen LogP contribution in [0.2, 0.25) is 10.0 Å². The molecule has 1 heterocycles. The maximum atomic E-state index is 13.0. The van der Waals surface area contributed by atoms with E-state index in [0.29, 0.717) is 17.0 Å². The van der Waals surface area contributed by atoms with Crippen LogP contribution < -0.4 is 15.5 Å². The molecule has 1 atom stereocenters. The monoisotopic (exact) mass is 447 g/mol. The summed E-state index contributed by atoms with van der Waals surface area (Å²) in [5.74, 6) is -0.429. The first-order chi connectivity index (χ1) is 14.3. The molecule has 2 aromatic rings. The molecule has 160 valence electrons. The summed E-state index contributed by atoms with van der Waals surface area (Å²) in [4.78, 5) is 28.0. The van der Waals surface area contributed by atoms with Crippen LogP contribution in [0.25, 0.3) is 0 Å². The lowest BCUT2D eigenvalue weighted by molar-refractivity contribution is -0.118. The Hall–Kier alpha value is -2.24. The molecule has 3 rings (SSSR count). The van der Waals surface area contributed by atoms with Crippen molar-refractivity contribution in [3.8, 4) is 0 Å². The van der Waals surface area contributed by atoms with Gasteiger partial charge in [0.2, 0.25) is 5.91 Å². The van der Waals surface area contributed by atoms with Crippen molar-refractivity contribution >= 4 is 46.4 Å². The van der Waals surface area contributed by atoms with E-state index in [1.54, 1.807) is 12.1 Å². The fourth-order valence-corrected chi connectivity index (χ4v) is 4.09. The van der Waals surface area contributed by atoms with Crippen molar-refractivity contribution in [3.05, 3.63) is 58.1 Å². The topological polar surface area (TPSA) is 61.4 Å². The Bertz CT molecular complexity index is 911. The number of carbonyl (C=O) groups is 2. The molecule has 1 aliphatic rings. The lowest BCUT2D eigenvalue weighted by atomic mass is 10.0. The van der Waals surface area contributed by atoms with Crippen molar-refractivity contribution in [2.24, 2.45) is 5.92 Å². The summed E-state index contributed by atoms with van der Waals surface area (Å²) in [6, 6.07) is 11.8. The molecule has 0 radical (unpaired) electrons. The number of nitrogens with one attached hydrogen (secondary N) is 2. The van der Waals surface area contributed by atoms with Crippen LogP contribution in [0.4, 0.5) is 11.4 Å². The smallest absolute Gasteiger partial charge is 0.253 e. The van der Waals surface area contributed by atoms with Crippen LogP contribution in [0.15, 0.2) is 42.5 Å². The summed E-state index contributed by atoms with van der Waals surface area (Å²) < 4.78 is 0. The maximum absolute atomic E-state index is 13.0. The van der Waals surface area contributed by atoms with E-state index in [2.05, 4.69) is 21.6 Å². The predicted molar refractivity (Wildman–Crippen MR) is 124 cm³/mol. The maximum Gasteiger partial charge on any atom is 0.253 e. The van der Waals surface area contributed by atoms with Crippen molar-refractivity contribution in [2.45, 2.75) is 39.2 Å². The van der Waals surface area contributed by atoms with Gasteiger partial charge in [-0.05, 0) is 61.6 Å². The van der Waals surface area contributed by atoms with Crippen LogP contribution >= 0.6 is 23.2 Å². The molecular weight excluding hydrogens is 421 g/mol. The molecule has 1 fully saturated rings. The van der Waals surface area contributed by atoms with Crippen LogP contribution in [0.1, 0.15) is 43.5 Å². The second kappa shape index (κ2) is 10.2. The number of anilines is 2. The molecular formula is C23H27Cl2N3O2. The molecule has 0 saturated carbocycles. The Morgan fingerprint density at radius 2 is 1.80 bits per heavy atom. The van der Waals surface area contributed by atoms with Gasteiger partial charge in [0.05, 0.1) is 10.6 Å². The third-order valence-electron chi connectivity index (χ3n) is 5.09. The molecule has 30 heavy (non-hydrogen) atoms. The zero-order valence-electron chi connectivity index (χ0n) is 17.3. The lowest BCUT2D eigenvalue weighted by Gasteiger charge is -2.22. The van der Waals surface area contributed by atoms with Crippen LogP contribution in [-0.2, 0) is 4.79 Å². The van der Waals surface area contributed by atoms with E-state index in [1.165, 1.54) is 18.9 Å². The van der Waals surface area contributed by atoms with Crippen molar-refractivity contribution in [1.29, 1.82) is 0 Å².